The predicted molar refractivity (Wildman–Crippen MR) is 110 cm³/mol. The molecule has 3 aromatic rings. The Labute approximate surface area is 164 Å². The number of aromatic nitrogens is 3. The highest BCUT2D eigenvalue weighted by Crippen LogP contribution is 2.25. The Morgan fingerprint density at radius 1 is 0.929 bits per heavy atom. The monoisotopic (exact) mass is 378 g/mol. The van der Waals surface area contributed by atoms with Crippen molar-refractivity contribution in [2.24, 2.45) is 0 Å². The molecule has 144 valence electrons. The van der Waals surface area contributed by atoms with Gasteiger partial charge in [-0.2, -0.15) is 10.1 Å². The molecule has 0 radical (unpaired) electrons. The van der Waals surface area contributed by atoms with Gasteiger partial charge in [0.2, 0.25) is 5.95 Å². The van der Waals surface area contributed by atoms with Gasteiger partial charge in [0.05, 0.1) is 11.9 Å². The van der Waals surface area contributed by atoms with Crippen LogP contribution >= 0.6 is 0 Å². The molecule has 1 N–H and O–H groups in total. The minimum absolute atomic E-state index is 0.329. The minimum Gasteiger partial charge on any atom is -0.368 e. The van der Waals surface area contributed by atoms with Gasteiger partial charge in [0.1, 0.15) is 5.82 Å². The summed E-state index contributed by atoms with van der Waals surface area (Å²) in [5, 5.41) is 11.2. The molecule has 1 aliphatic rings. The van der Waals surface area contributed by atoms with Crippen LogP contribution in [0.3, 0.4) is 0 Å². The van der Waals surface area contributed by atoms with E-state index in [1.165, 1.54) is 29.1 Å². The molecule has 0 saturated carbocycles. The van der Waals surface area contributed by atoms with Gasteiger partial charge in [-0.15, -0.1) is 5.10 Å². The summed E-state index contributed by atoms with van der Waals surface area (Å²) in [4.78, 5) is 9.03. The second kappa shape index (κ2) is 7.80. The third-order valence-electron chi connectivity index (χ3n) is 5.16. The van der Waals surface area contributed by atoms with E-state index in [4.69, 9.17) is 0 Å². The second-order valence-corrected chi connectivity index (χ2v) is 6.94. The molecule has 0 bridgehead atoms. The first-order valence-corrected chi connectivity index (χ1v) is 9.39. The van der Waals surface area contributed by atoms with Gasteiger partial charge in [-0.1, -0.05) is 24.3 Å². The lowest BCUT2D eigenvalue weighted by molar-refractivity contribution is 0.630. The third-order valence-corrected chi connectivity index (χ3v) is 5.16. The first kappa shape index (κ1) is 18.2. The molecular formula is C21H23FN6. The normalized spacial score (nSPS) is 14.2. The predicted octanol–water partition coefficient (Wildman–Crippen LogP) is 3.70. The van der Waals surface area contributed by atoms with Crippen LogP contribution in [0.1, 0.15) is 11.1 Å². The molecule has 4 rings (SSSR count). The fourth-order valence-electron chi connectivity index (χ4n) is 3.41. The molecule has 1 aliphatic heterocycles. The summed E-state index contributed by atoms with van der Waals surface area (Å²) in [7, 11) is 0. The molecule has 0 amide bonds. The molecule has 0 atom stereocenters. The molecule has 2 heterocycles. The van der Waals surface area contributed by atoms with E-state index >= 15 is 0 Å². The number of rotatable bonds is 4. The van der Waals surface area contributed by atoms with Crippen LogP contribution < -0.4 is 15.1 Å². The Morgan fingerprint density at radius 2 is 1.68 bits per heavy atom. The van der Waals surface area contributed by atoms with E-state index in [2.05, 4.69) is 62.3 Å². The van der Waals surface area contributed by atoms with Crippen LogP contribution in [0.4, 0.5) is 27.5 Å². The molecular weight excluding hydrogens is 355 g/mol. The number of anilines is 4. The van der Waals surface area contributed by atoms with Crippen LogP contribution in [-0.4, -0.2) is 41.4 Å². The van der Waals surface area contributed by atoms with Gasteiger partial charge in [-0.05, 0) is 43.2 Å². The Bertz CT molecular complexity index is 969. The zero-order chi connectivity index (χ0) is 19.5. The van der Waals surface area contributed by atoms with Gasteiger partial charge in [0.25, 0.3) is 0 Å². The standard InChI is InChI=1S/C21H23FN6/c1-15-6-5-9-19(16(15)2)27-10-12-28(13-11-27)21-25-20(14-23-26-21)24-18-8-4-3-7-17(18)22/h3-9,14H,10-13H2,1-2H3,(H,24,25,26). The van der Waals surface area contributed by atoms with E-state index in [1.54, 1.807) is 18.2 Å². The summed E-state index contributed by atoms with van der Waals surface area (Å²) in [6.45, 7) is 7.69. The topological polar surface area (TPSA) is 57.2 Å². The summed E-state index contributed by atoms with van der Waals surface area (Å²) in [5.74, 6) is 0.707. The van der Waals surface area contributed by atoms with Crippen LogP contribution in [0.5, 0.6) is 0 Å². The lowest BCUT2D eigenvalue weighted by Gasteiger charge is -2.36. The van der Waals surface area contributed by atoms with Crippen LogP contribution in [0.25, 0.3) is 0 Å². The van der Waals surface area contributed by atoms with E-state index < -0.39 is 0 Å². The number of benzene rings is 2. The molecule has 1 fully saturated rings. The Hall–Kier alpha value is -3.22. The van der Waals surface area contributed by atoms with E-state index in [1.807, 2.05) is 0 Å². The maximum absolute atomic E-state index is 13.9. The maximum atomic E-state index is 13.9. The average molecular weight is 378 g/mol. The van der Waals surface area contributed by atoms with Crippen molar-refractivity contribution in [2.75, 3.05) is 41.3 Å². The number of hydrogen-bond acceptors (Lipinski definition) is 6. The minimum atomic E-state index is -0.329. The van der Waals surface area contributed by atoms with Crippen molar-refractivity contribution in [3.63, 3.8) is 0 Å². The summed E-state index contributed by atoms with van der Waals surface area (Å²) in [5.41, 5.74) is 4.28. The summed E-state index contributed by atoms with van der Waals surface area (Å²) >= 11 is 0. The zero-order valence-corrected chi connectivity index (χ0v) is 16.1. The number of piperazine rings is 1. The first-order valence-electron chi connectivity index (χ1n) is 9.39. The van der Waals surface area contributed by atoms with Crippen molar-refractivity contribution in [3.05, 3.63) is 65.6 Å². The largest absolute Gasteiger partial charge is 0.368 e. The fraction of sp³-hybridized carbons (Fsp3) is 0.286. The number of para-hydroxylation sites is 1. The number of nitrogens with zero attached hydrogens (tertiary/aromatic N) is 5. The number of aryl methyl sites for hydroxylation is 1. The van der Waals surface area contributed by atoms with Gasteiger partial charge >= 0.3 is 0 Å². The highest BCUT2D eigenvalue weighted by molar-refractivity contribution is 5.58. The molecule has 0 unspecified atom stereocenters. The Morgan fingerprint density at radius 3 is 2.46 bits per heavy atom. The summed E-state index contributed by atoms with van der Waals surface area (Å²) in [6, 6.07) is 12.9. The lowest BCUT2D eigenvalue weighted by atomic mass is 10.1. The highest BCUT2D eigenvalue weighted by Gasteiger charge is 2.21. The van der Waals surface area contributed by atoms with Gasteiger partial charge < -0.3 is 15.1 Å². The average Bonchev–Trinajstić information content (AvgIpc) is 2.72. The number of hydrogen-bond donors (Lipinski definition) is 1. The van der Waals surface area contributed by atoms with Gasteiger partial charge in [0, 0.05) is 31.9 Å². The maximum Gasteiger partial charge on any atom is 0.247 e. The zero-order valence-electron chi connectivity index (χ0n) is 16.1. The Balaban J connectivity index is 1.45. The van der Waals surface area contributed by atoms with Gasteiger partial charge in [-0.25, -0.2) is 4.39 Å². The molecule has 0 aliphatic carbocycles. The molecule has 7 heteroatoms. The van der Waals surface area contributed by atoms with E-state index in [0.29, 0.717) is 17.5 Å². The third kappa shape index (κ3) is 3.74. The van der Waals surface area contributed by atoms with Crippen molar-refractivity contribution >= 4 is 23.1 Å². The molecule has 1 saturated heterocycles. The quantitative estimate of drug-likeness (QED) is 0.747. The van der Waals surface area contributed by atoms with Crippen molar-refractivity contribution in [1.82, 2.24) is 15.2 Å². The van der Waals surface area contributed by atoms with Crippen molar-refractivity contribution in [2.45, 2.75) is 13.8 Å². The van der Waals surface area contributed by atoms with Gasteiger partial charge in [0.15, 0.2) is 5.82 Å². The Kier molecular flexibility index (Phi) is 5.06. The van der Waals surface area contributed by atoms with E-state index in [-0.39, 0.29) is 5.82 Å². The van der Waals surface area contributed by atoms with Crippen LogP contribution in [-0.2, 0) is 0 Å². The molecule has 1 aromatic heterocycles. The SMILES string of the molecule is Cc1cccc(N2CCN(c3nncc(Nc4ccccc4F)n3)CC2)c1C. The molecule has 6 nitrogen and oxygen atoms in total. The van der Waals surface area contributed by atoms with E-state index in [9.17, 15) is 4.39 Å². The first-order chi connectivity index (χ1) is 13.6. The van der Waals surface area contributed by atoms with E-state index in [0.717, 1.165) is 26.2 Å². The second-order valence-electron chi connectivity index (χ2n) is 6.94. The van der Waals surface area contributed by atoms with Gasteiger partial charge in [-0.3, -0.25) is 0 Å². The molecule has 28 heavy (non-hydrogen) atoms. The van der Waals surface area contributed by atoms with Crippen molar-refractivity contribution in [3.8, 4) is 0 Å². The summed E-state index contributed by atoms with van der Waals surface area (Å²) < 4.78 is 13.9. The lowest BCUT2D eigenvalue weighted by Crippen LogP contribution is -2.47. The summed E-state index contributed by atoms with van der Waals surface area (Å²) in [6.07, 6.45) is 1.50. The van der Waals surface area contributed by atoms with Crippen LogP contribution in [0, 0.1) is 19.7 Å². The number of halogens is 1. The smallest absolute Gasteiger partial charge is 0.247 e. The molecule has 0 spiro atoms. The van der Waals surface area contributed by atoms with Crippen LogP contribution in [0.2, 0.25) is 0 Å². The van der Waals surface area contributed by atoms with Crippen molar-refractivity contribution < 1.29 is 4.39 Å². The highest BCUT2D eigenvalue weighted by atomic mass is 19.1. The number of nitrogens with one attached hydrogen (secondary N) is 1. The van der Waals surface area contributed by atoms with Crippen molar-refractivity contribution in [1.29, 1.82) is 0 Å². The molecule has 2 aromatic carbocycles. The fourth-order valence-corrected chi connectivity index (χ4v) is 3.41. The van der Waals surface area contributed by atoms with Crippen LogP contribution in [0.15, 0.2) is 48.7 Å².